The van der Waals surface area contributed by atoms with E-state index in [0.717, 1.165) is 27.3 Å². The van der Waals surface area contributed by atoms with E-state index in [0.29, 0.717) is 36.5 Å². The molecule has 1 aliphatic heterocycles. The van der Waals surface area contributed by atoms with Crippen LogP contribution in [-0.4, -0.2) is 76.0 Å². The van der Waals surface area contributed by atoms with Crippen molar-refractivity contribution in [1.29, 1.82) is 0 Å². The number of benzene rings is 2. The van der Waals surface area contributed by atoms with Gasteiger partial charge < -0.3 is 36.8 Å². The Hall–Kier alpha value is -3.75. The number of nitrogens with one attached hydrogen (secondary N) is 2. The Morgan fingerprint density at radius 1 is 1.09 bits per heavy atom. The van der Waals surface area contributed by atoms with Gasteiger partial charge in [0.15, 0.2) is 0 Å². The van der Waals surface area contributed by atoms with Crippen molar-refractivity contribution in [2.24, 2.45) is 16.9 Å². The highest BCUT2D eigenvalue weighted by molar-refractivity contribution is 7.13. The van der Waals surface area contributed by atoms with Gasteiger partial charge in [-0.25, -0.2) is 4.98 Å². The Morgan fingerprint density at radius 2 is 1.80 bits per heavy atom. The molecule has 0 spiro atoms. The molecule has 7 N–H and O–H groups in total. The quantitative estimate of drug-likeness (QED) is 0.114. The lowest BCUT2D eigenvalue weighted by Crippen LogP contribution is -2.57. The third-order valence-electron chi connectivity index (χ3n) is 9.42. The number of hydrogen-bond donors (Lipinski definition) is 5. The van der Waals surface area contributed by atoms with Gasteiger partial charge in [-0.3, -0.25) is 19.2 Å². The lowest BCUT2D eigenvalue weighted by Gasteiger charge is -2.35. The highest BCUT2D eigenvalue weighted by Gasteiger charge is 2.44. The van der Waals surface area contributed by atoms with E-state index in [1.54, 1.807) is 17.4 Å². The number of thiazole rings is 1. The van der Waals surface area contributed by atoms with Crippen LogP contribution in [0.5, 0.6) is 5.75 Å². The topological polar surface area (TPSA) is 190 Å². The van der Waals surface area contributed by atoms with Gasteiger partial charge in [0, 0.05) is 31.8 Å². The van der Waals surface area contributed by atoms with Crippen LogP contribution in [0.25, 0.3) is 10.4 Å². The molecule has 12 nitrogen and oxygen atoms in total. The second-order valence-electron chi connectivity index (χ2n) is 14.9. The van der Waals surface area contributed by atoms with Crippen molar-refractivity contribution < 1.29 is 29.0 Å². The predicted octanol–water partition coefficient (Wildman–Crippen LogP) is 5.25. The smallest absolute Gasteiger partial charge is 0.246 e. The molecular formula is C39H54Cl2N6O6S. The molecule has 0 bridgehead atoms. The van der Waals surface area contributed by atoms with E-state index < -0.39 is 35.4 Å². The van der Waals surface area contributed by atoms with E-state index in [4.69, 9.17) is 27.8 Å². The average Bonchev–Trinajstić information content (AvgIpc) is 3.72. The summed E-state index contributed by atoms with van der Waals surface area (Å²) in [5.41, 5.74) is 16.1. The van der Waals surface area contributed by atoms with Crippen LogP contribution in [0.3, 0.4) is 0 Å². The van der Waals surface area contributed by atoms with Crippen molar-refractivity contribution in [3.8, 4) is 16.2 Å². The molecule has 4 amide bonds. The Balaban J connectivity index is 0.00000784. The van der Waals surface area contributed by atoms with Crippen molar-refractivity contribution >= 4 is 59.0 Å². The van der Waals surface area contributed by atoms with Gasteiger partial charge in [-0.15, -0.1) is 23.7 Å². The first-order chi connectivity index (χ1) is 25.0. The molecule has 0 aliphatic carbocycles. The summed E-state index contributed by atoms with van der Waals surface area (Å²) in [6.07, 6.45) is 1.84. The first kappa shape index (κ1) is 44.6. The summed E-state index contributed by atoms with van der Waals surface area (Å²) < 4.78 is 5.79. The summed E-state index contributed by atoms with van der Waals surface area (Å²) in [6.45, 7) is 9.62. The number of halogens is 2. The van der Waals surface area contributed by atoms with E-state index in [9.17, 15) is 24.3 Å². The van der Waals surface area contributed by atoms with Gasteiger partial charge in [-0.1, -0.05) is 68.8 Å². The van der Waals surface area contributed by atoms with Gasteiger partial charge in [0.2, 0.25) is 23.6 Å². The molecule has 54 heavy (non-hydrogen) atoms. The number of ether oxygens (including phenoxy) is 1. The van der Waals surface area contributed by atoms with Crippen molar-refractivity contribution in [1.82, 2.24) is 20.5 Å². The number of hydrogen-bond acceptors (Lipinski definition) is 9. The number of aliphatic hydroxyl groups is 1. The number of nitrogens with zero attached hydrogens (tertiary/aromatic N) is 2. The third-order valence-corrected chi connectivity index (χ3v) is 10.8. The number of β-amino-alcohol motifs (C(OH)–C–C–N with tert-alkyl or cyclic N) is 1. The summed E-state index contributed by atoms with van der Waals surface area (Å²) >= 11 is 8.17. The summed E-state index contributed by atoms with van der Waals surface area (Å²) in [5.74, 6) is -0.965. The molecule has 1 aromatic heterocycles. The van der Waals surface area contributed by atoms with Crippen LogP contribution in [0.2, 0.25) is 5.02 Å². The lowest BCUT2D eigenvalue weighted by atomic mass is 9.85. The van der Waals surface area contributed by atoms with Crippen molar-refractivity contribution in [2.75, 3.05) is 13.2 Å². The van der Waals surface area contributed by atoms with Gasteiger partial charge >= 0.3 is 0 Å². The Morgan fingerprint density at radius 3 is 2.43 bits per heavy atom. The number of primary amides is 1. The Kier molecular flexibility index (Phi) is 16.7. The molecule has 5 atom stereocenters. The fourth-order valence-electron chi connectivity index (χ4n) is 6.32. The Bertz CT molecular complexity index is 1730. The fourth-order valence-corrected chi connectivity index (χ4v) is 7.40. The summed E-state index contributed by atoms with van der Waals surface area (Å²) in [5, 5.41) is 17.0. The van der Waals surface area contributed by atoms with E-state index in [-0.39, 0.29) is 68.7 Å². The van der Waals surface area contributed by atoms with Crippen LogP contribution >= 0.6 is 35.3 Å². The molecule has 0 unspecified atom stereocenters. The van der Waals surface area contributed by atoms with Crippen molar-refractivity contribution in [3.63, 3.8) is 0 Å². The zero-order valence-corrected chi connectivity index (χ0v) is 34.0. The first-order valence-electron chi connectivity index (χ1n) is 18.1. The van der Waals surface area contributed by atoms with Crippen LogP contribution in [0.4, 0.5) is 0 Å². The molecular weight excluding hydrogens is 751 g/mol. The number of carbonyl (C=O) groups is 4. The fraction of sp³-hybridized carbons (Fsp3) is 0.513. The zero-order valence-electron chi connectivity index (χ0n) is 31.6. The number of carbonyl (C=O) groups excluding carboxylic acids is 4. The summed E-state index contributed by atoms with van der Waals surface area (Å²) in [7, 11) is 0. The summed E-state index contributed by atoms with van der Waals surface area (Å²) in [6, 6.07) is 10.9. The minimum atomic E-state index is -0.909. The maximum absolute atomic E-state index is 14.0. The highest BCUT2D eigenvalue weighted by atomic mass is 35.5. The number of unbranched alkanes of at least 4 members (excludes halogenated alkanes) is 1. The largest absolute Gasteiger partial charge is 0.490 e. The number of likely N-dealkylation sites (tertiary alicyclic amines) is 1. The van der Waals surface area contributed by atoms with Gasteiger partial charge in [0.05, 0.1) is 33.3 Å². The lowest BCUT2D eigenvalue weighted by molar-refractivity contribution is -0.144. The Labute approximate surface area is 333 Å². The maximum atomic E-state index is 14.0. The van der Waals surface area contributed by atoms with Crippen molar-refractivity contribution in [3.05, 3.63) is 69.8 Å². The second-order valence-corrected chi connectivity index (χ2v) is 16.1. The minimum absolute atomic E-state index is 0. The van der Waals surface area contributed by atoms with Crippen LogP contribution in [0.15, 0.2) is 48.0 Å². The maximum Gasteiger partial charge on any atom is 0.246 e. The van der Waals surface area contributed by atoms with E-state index in [1.165, 1.54) is 4.90 Å². The normalized spacial score (nSPS) is 17.2. The molecule has 2 heterocycles. The molecule has 0 radical (unpaired) electrons. The number of amides is 4. The van der Waals surface area contributed by atoms with E-state index in [2.05, 4.69) is 15.6 Å². The van der Waals surface area contributed by atoms with Crippen molar-refractivity contribution in [2.45, 2.75) is 110 Å². The number of aliphatic hydroxyl groups excluding tert-OH is 1. The molecule has 1 fully saturated rings. The molecule has 15 heteroatoms. The second kappa shape index (κ2) is 20.2. The number of aromatic nitrogens is 1. The average molecular weight is 806 g/mol. The number of rotatable bonds is 17. The molecule has 4 rings (SSSR count). The third kappa shape index (κ3) is 12.4. The van der Waals surface area contributed by atoms with Gasteiger partial charge in [0.25, 0.3) is 0 Å². The minimum Gasteiger partial charge on any atom is -0.490 e. The van der Waals surface area contributed by atoms with Crippen LogP contribution in [0, 0.1) is 12.3 Å². The molecule has 1 saturated heterocycles. The van der Waals surface area contributed by atoms with Crippen LogP contribution in [-0.2, 0) is 25.6 Å². The summed E-state index contributed by atoms with van der Waals surface area (Å²) in [4.78, 5) is 58.6. The molecule has 0 saturated carbocycles. The van der Waals surface area contributed by atoms with Gasteiger partial charge in [0.1, 0.15) is 24.4 Å². The predicted molar refractivity (Wildman–Crippen MR) is 215 cm³/mol. The molecule has 2 aromatic carbocycles. The zero-order chi connectivity index (χ0) is 38.9. The van der Waals surface area contributed by atoms with Crippen LogP contribution in [0.1, 0.15) is 89.1 Å². The first-order valence-corrected chi connectivity index (χ1v) is 19.3. The molecule has 296 valence electrons. The number of aryl methyl sites for hydroxylation is 2. The molecule has 3 aromatic rings. The SMILES string of the molecule is Cc1ncsc1-c1ccc([C@H](C)NC(=O)[C@@H]2C[C@H](O)CN2C(=O)[C@@H](NC(=O)CCCCc2cccc(OC[C@@H](N)CCC(N)=O)c2Cl)C(C)(C)C)cc1.Cl. The van der Waals surface area contributed by atoms with E-state index in [1.807, 2.05) is 76.5 Å². The van der Waals surface area contributed by atoms with Gasteiger partial charge in [-0.05, 0) is 67.7 Å². The number of nitrogens with two attached hydrogens (primary N) is 2. The standard InChI is InChI=1S/C39H53ClN6O6S.ClH/c1-23(25-13-15-27(16-14-25)35-24(2)43-22-53-35)44-37(50)30-19-29(47)20-46(30)38(51)36(39(3,4)5)45-33(49)12-7-6-9-26-10-8-11-31(34(26)40)52-21-28(41)17-18-32(42)48;/h8,10-11,13-16,22-23,28-30,36,47H,6-7,9,12,17-21,41H2,1-5H3,(H2,42,48)(H,44,50)(H,45,49);1H/t23-,28-,29-,30-,36+;/m0./s1. The monoisotopic (exact) mass is 804 g/mol. The van der Waals surface area contributed by atoms with E-state index >= 15 is 0 Å². The van der Waals surface area contributed by atoms with Crippen LogP contribution < -0.4 is 26.8 Å². The van der Waals surface area contributed by atoms with Gasteiger partial charge in [-0.2, -0.15) is 0 Å². The molecule has 1 aliphatic rings. The highest BCUT2D eigenvalue weighted by Crippen LogP contribution is 2.31.